The molecule has 1 aliphatic rings. The first-order valence-corrected chi connectivity index (χ1v) is 7.53. The molecular weight excluding hydrogens is 268 g/mol. The van der Waals surface area contributed by atoms with Gasteiger partial charge in [0, 0.05) is 19.6 Å². The van der Waals surface area contributed by atoms with E-state index in [2.05, 4.69) is 16.3 Å². The van der Waals surface area contributed by atoms with Crippen molar-refractivity contribution in [3.63, 3.8) is 0 Å². The standard InChI is InChI=1S/C16H24N2O3/c1-12(2)21-15-9-13(10-17-11-16(19)20)5-6-14(15)18-7-3-4-8-18/h5-6,9,12,17H,3-4,7-8,10-11H2,1-2H3,(H,19,20). The van der Waals surface area contributed by atoms with Gasteiger partial charge in [-0.05, 0) is 44.4 Å². The van der Waals surface area contributed by atoms with Crippen LogP contribution in [0.2, 0.25) is 0 Å². The van der Waals surface area contributed by atoms with Crippen molar-refractivity contribution in [2.24, 2.45) is 0 Å². The molecule has 1 fully saturated rings. The predicted octanol–water partition coefficient (Wildman–Crippen LogP) is 2.25. The SMILES string of the molecule is CC(C)Oc1cc(CNCC(=O)O)ccc1N1CCCC1. The maximum atomic E-state index is 10.5. The minimum atomic E-state index is -0.845. The topological polar surface area (TPSA) is 61.8 Å². The number of anilines is 1. The summed E-state index contributed by atoms with van der Waals surface area (Å²) in [6.07, 6.45) is 2.57. The normalized spacial score (nSPS) is 14.7. The quantitative estimate of drug-likeness (QED) is 0.807. The van der Waals surface area contributed by atoms with Crippen LogP contribution in [0.5, 0.6) is 5.75 Å². The van der Waals surface area contributed by atoms with Gasteiger partial charge in [-0.3, -0.25) is 4.79 Å². The molecule has 1 aromatic carbocycles. The van der Waals surface area contributed by atoms with E-state index >= 15 is 0 Å². The summed E-state index contributed by atoms with van der Waals surface area (Å²) in [6, 6.07) is 6.14. The molecule has 0 aliphatic carbocycles. The Kier molecular flexibility index (Phi) is 5.44. The molecule has 1 aliphatic heterocycles. The fourth-order valence-electron chi connectivity index (χ4n) is 2.55. The van der Waals surface area contributed by atoms with Gasteiger partial charge in [0.1, 0.15) is 5.75 Å². The number of nitrogens with zero attached hydrogens (tertiary/aromatic N) is 1. The van der Waals surface area contributed by atoms with Crippen LogP contribution >= 0.6 is 0 Å². The van der Waals surface area contributed by atoms with Gasteiger partial charge in [-0.1, -0.05) is 6.07 Å². The molecule has 1 aromatic rings. The van der Waals surface area contributed by atoms with Crippen LogP contribution in [0.4, 0.5) is 5.69 Å². The second kappa shape index (κ2) is 7.31. The Labute approximate surface area is 125 Å². The molecule has 0 amide bonds. The van der Waals surface area contributed by atoms with Crippen LogP contribution in [-0.2, 0) is 11.3 Å². The smallest absolute Gasteiger partial charge is 0.317 e. The van der Waals surface area contributed by atoms with Gasteiger partial charge < -0.3 is 20.1 Å². The van der Waals surface area contributed by atoms with Crippen LogP contribution in [0.15, 0.2) is 18.2 Å². The summed E-state index contributed by atoms with van der Waals surface area (Å²) < 4.78 is 5.94. The van der Waals surface area contributed by atoms with E-state index in [0.29, 0.717) is 6.54 Å². The molecule has 0 bridgehead atoms. The third kappa shape index (κ3) is 4.63. The molecule has 2 N–H and O–H groups in total. The van der Waals surface area contributed by atoms with Crippen molar-refractivity contribution in [1.29, 1.82) is 0 Å². The number of carboxylic acid groups (broad SMARTS) is 1. The van der Waals surface area contributed by atoms with Crippen molar-refractivity contribution in [2.75, 3.05) is 24.5 Å². The largest absolute Gasteiger partial charge is 0.489 e. The Bertz CT molecular complexity index is 482. The van der Waals surface area contributed by atoms with Crippen molar-refractivity contribution in [3.05, 3.63) is 23.8 Å². The number of nitrogens with one attached hydrogen (secondary N) is 1. The minimum Gasteiger partial charge on any atom is -0.489 e. The lowest BCUT2D eigenvalue weighted by Crippen LogP contribution is -2.22. The molecule has 0 atom stereocenters. The van der Waals surface area contributed by atoms with E-state index in [9.17, 15) is 4.79 Å². The van der Waals surface area contributed by atoms with Gasteiger partial charge in [0.2, 0.25) is 0 Å². The fourth-order valence-corrected chi connectivity index (χ4v) is 2.55. The highest BCUT2D eigenvalue weighted by Gasteiger charge is 2.17. The molecule has 0 unspecified atom stereocenters. The number of carbonyl (C=O) groups is 1. The van der Waals surface area contributed by atoms with Crippen LogP contribution in [0.25, 0.3) is 0 Å². The Balaban J connectivity index is 2.11. The zero-order valence-electron chi connectivity index (χ0n) is 12.8. The second-order valence-electron chi connectivity index (χ2n) is 5.66. The number of ether oxygens (including phenoxy) is 1. The molecule has 1 saturated heterocycles. The van der Waals surface area contributed by atoms with Crippen LogP contribution in [0.3, 0.4) is 0 Å². The van der Waals surface area contributed by atoms with Crippen molar-refractivity contribution in [2.45, 2.75) is 39.3 Å². The highest BCUT2D eigenvalue weighted by atomic mass is 16.5. The van der Waals surface area contributed by atoms with Crippen molar-refractivity contribution < 1.29 is 14.6 Å². The van der Waals surface area contributed by atoms with E-state index in [-0.39, 0.29) is 12.6 Å². The molecule has 0 spiro atoms. The molecule has 0 saturated carbocycles. The molecule has 2 rings (SSSR count). The van der Waals surface area contributed by atoms with E-state index in [1.54, 1.807) is 0 Å². The van der Waals surface area contributed by atoms with Crippen molar-refractivity contribution in [3.8, 4) is 5.75 Å². The third-order valence-corrected chi connectivity index (χ3v) is 3.44. The number of carboxylic acids is 1. The van der Waals surface area contributed by atoms with E-state index in [4.69, 9.17) is 9.84 Å². The summed E-state index contributed by atoms with van der Waals surface area (Å²) >= 11 is 0. The Morgan fingerprint density at radius 3 is 2.71 bits per heavy atom. The molecule has 116 valence electrons. The molecule has 5 nitrogen and oxygen atoms in total. The van der Waals surface area contributed by atoms with Gasteiger partial charge >= 0.3 is 5.97 Å². The van der Waals surface area contributed by atoms with E-state index in [1.807, 2.05) is 26.0 Å². The lowest BCUT2D eigenvalue weighted by Gasteiger charge is -2.23. The van der Waals surface area contributed by atoms with Gasteiger partial charge in [-0.25, -0.2) is 0 Å². The van der Waals surface area contributed by atoms with Gasteiger partial charge in [0.15, 0.2) is 0 Å². The highest BCUT2D eigenvalue weighted by Crippen LogP contribution is 2.32. The van der Waals surface area contributed by atoms with Crippen molar-refractivity contribution >= 4 is 11.7 Å². The lowest BCUT2D eigenvalue weighted by molar-refractivity contribution is -0.135. The first-order chi connectivity index (χ1) is 10.1. The molecular formula is C16H24N2O3. The zero-order chi connectivity index (χ0) is 15.2. The summed E-state index contributed by atoms with van der Waals surface area (Å²) in [5.74, 6) is 0.0452. The molecule has 0 radical (unpaired) electrons. The van der Waals surface area contributed by atoms with Crippen LogP contribution in [-0.4, -0.2) is 36.8 Å². The predicted molar refractivity (Wildman–Crippen MR) is 83.0 cm³/mol. The monoisotopic (exact) mass is 292 g/mol. The van der Waals surface area contributed by atoms with Crippen LogP contribution < -0.4 is 15.0 Å². The average molecular weight is 292 g/mol. The third-order valence-electron chi connectivity index (χ3n) is 3.44. The van der Waals surface area contributed by atoms with E-state index in [0.717, 1.165) is 30.1 Å². The summed E-state index contributed by atoms with van der Waals surface area (Å²) in [5.41, 5.74) is 2.18. The molecule has 5 heteroatoms. The lowest BCUT2D eigenvalue weighted by atomic mass is 10.1. The Morgan fingerprint density at radius 1 is 1.38 bits per heavy atom. The van der Waals surface area contributed by atoms with Crippen LogP contribution in [0, 0.1) is 0 Å². The maximum absolute atomic E-state index is 10.5. The molecule has 1 heterocycles. The van der Waals surface area contributed by atoms with E-state index < -0.39 is 5.97 Å². The van der Waals surface area contributed by atoms with Crippen LogP contribution in [0.1, 0.15) is 32.3 Å². The minimum absolute atomic E-state index is 0.0335. The number of rotatable bonds is 7. The maximum Gasteiger partial charge on any atom is 0.317 e. The summed E-state index contributed by atoms with van der Waals surface area (Å²) in [7, 11) is 0. The Hall–Kier alpha value is -1.75. The number of hydrogen-bond acceptors (Lipinski definition) is 4. The van der Waals surface area contributed by atoms with Gasteiger partial charge in [-0.2, -0.15) is 0 Å². The molecule has 0 aromatic heterocycles. The zero-order valence-corrected chi connectivity index (χ0v) is 12.8. The first kappa shape index (κ1) is 15.6. The summed E-state index contributed by atoms with van der Waals surface area (Å²) in [5, 5.41) is 11.6. The average Bonchev–Trinajstić information content (AvgIpc) is 2.91. The van der Waals surface area contributed by atoms with Crippen molar-refractivity contribution in [1.82, 2.24) is 5.32 Å². The van der Waals surface area contributed by atoms with E-state index in [1.165, 1.54) is 12.8 Å². The Morgan fingerprint density at radius 2 is 2.10 bits per heavy atom. The molecule has 21 heavy (non-hydrogen) atoms. The van der Waals surface area contributed by atoms with Gasteiger partial charge in [0.25, 0.3) is 0 Å². The summed E-state index contributed by atoms with van der Waals surface area (Å²) in [6.45, 7) is 6.68. The number of hydrogen-bond donors (Lipinski definition) is 2. The number of aliphatic carboxylic acids is 1. The van der Waals surface area contributed by atoms with Gasteiger partial charge in [0.05, 0.1) is 18.3 Å². The first-order valence-electron chi connectivity index (χ1n) is 7.53. The highest BCUT2D eigenvalue weighted by molar-refractivity contribution is 5.69. The fraction of sp³-hybridized carbons (Fsp3) is 0.562. The van der Waals surface area contributed by atoms with Gasteiger partial charge in [-0.15, -0.1) is 0 Å². The number of benzene rings is 1. The summed E-state index contributed by atoms with van der Waals surface area (Å²) in [4.78, 5) is 12.9. The second-order valence-corrected chi connectivity index (χ2v) is 5.66.